The molecule has 0 saturated carbocycles. The molecule has 0 radical (unpaired) electrons. The largest absolute Gasteiger partial charge is 0.338 e. The summed E-state index contributed by atoms with van der Waals surface area (Å²) in [6, 6.07) is 5.63. The molecule has 96 valence electrons. The molecule has 0 amide bonds. The van der Waals surface area contributed by atoms with Gasteiger partial charge in [-0.05, 0) is 24.1 Å². The highest BCUT2D eigenvalue weighted by atomic mass is 35.5. The first-order valence-electron chi connectivity index (χ1n) is 5.72. The second-order valence-electron chi connectivity index (χ2n) is 4.37. The van der Waals surface area contributed by atoms with E-state index >= 15 is 0 Å². The lowest BCUT2D eigenvalue weighted by atomic mass is 10.0. The quantitative estimate of drug-likeness (QED) is 0.938. The zero-order valence-electron chi connectivity index (χ0n) is 10.1. The number of nitrogens with two attached hydrogens (primary N) is 1. The van der Waals surface area contributed by atoms with E-state index in [9.17, 15) is 0 Å². The molecule has 0 saturated heterocycles. The number of halogens is 2. The summed E-state index contributed by atoms with van der Waals surface area (Å²) in [7, 11) is 1.97. The van der Waals surface area contributed by atoms with Crippen LogP contribution in [0.15, 0.2) is 30.6 Å². The van der Waals surface area contributed by atoms with Crippen molar-refractivity contribution in [1.29, 1.82) is 0 Å². The van der Waals surface area contributed by atoms with Crippen LogP contribution in [0.4, 0.5) is 0 Å². The molecule has 2 N–H and O–H groups in total. The second-order valence-corrected chi connectivity index (χ2v) is 5.19. The van der Waals surface area contributed by atoms with Crippen molar-refractivity contribution in [3.63, 3.8) is 0 Å². The summed E-state index contributed by atoms with van der Waals surface area (Å²) in [6.45, 7) is 0. The van der Waals surface area contributed by atoms with Gasteiger partial charge in [0.25, 0.3) is 0 Å². The normalized spacial score (nSPS) is 12.7. The predicted molar refractivity (Wildman–Crippen MR) is 75.1 cm³/mol. The van der Waals surface area contributed by atoms with E-state index in [0.717, 1.165) is 24.2 Å². The molecule has 0 aliphatic heterocycles. The van der Waals surface area contributed by atoms with Gasteiger partial charge < -0.3 is 10.3 Å². The molecule has 0 bridgehead atoms. The fourth-order valence-electron chi connectivity index (χ4n) is 1.87. The molecule has 0 fully saturated rings. The van der Waals surface area contributed by atoms with Crippen molar-refractivity contribution in [2.24, 2.45) is 12.8 Å². The van der Waals surface area contributed by atoms with E-state index in [4.69, 9.17) is 28.9 Å². The standard InChI is InChI=1S/C13H15Cl2N3/c1-18-5-4-17-13(18)8-10(16)6-9-2-3-11(14)12(15)7-9/h2-5,7,10H,6,8,16H2,1H3. The Hall–Kier alpha value is -1.03. The summed E-state index contributed by atoms with van der Waals surface area (Å²) in [5.41, 5.74) is 7.21. The molecule has 0 aliphatic rings. The van der Waals surface area contributed by atoms with Crippen LogP contribution < -0.4 is 5.73 Å². The third-order valence-electron chi connectivity index (χ3n) is 2.85. The van der Waals surface area contributed by atoms with Gasteiger partial charge >= 0.3 is 0 Å². The lowest BCUT2D eigenvalue weighted by Gasteiger charge is -2.12. The van der Waals surface area contributed by atoms with Crippen molar-refractivity contribution in [1.82, 2.24) is 9.55 Å². The average Bonchev–Trinajstić information content (AvgIpc) is 2.70. The number of benzene rings is 1. The molecule has 1 aromatic carbocycles. The number of aryl methyl sites for hydroxylation is 1. The van der Waals surface area contributed by atoms with Crippen LogP contribution in [0.25, 0.3) is 0 Å². The van der Waals surface area contributed by atoms with Crippen LogP contribution in [0, 0.1) is 0 Å². The van der Waals surface area contributed by atoms with Gasteiger partial charge in [0.1, 0.15) is 5.82 Å². The van der Waals surface area contributed by atoms with E-state index in [-0.39, 0.29) is 6.04 Å². The number of hydrogen-bond donors (Lipinski definition) is 1. The topological polar surface area (TPSA) is 43.8 Å². The lowest BCUT2D eigenvalue weighted by Crippen LogP contribution is -2.26. The summed E-state index contributed by atoms with van der Waals surface area (Å²) in [5.74, 6) is 0.988. The van der Waals surface area contributed by atoms with E-state index < -0.39 is 0 Å². The highest BCUT2D eigenvalue weighted by Gasteiger charge is 2.09. The van der Waals surface area contributed by atoms with Gasteiger partial charge in [-0.15, -0.1) is 0 Å². The average molecular weight is 284 g/mol. The molecular weight excluding hydrogens is 269 g/mol. The number of nitrogens with zero attached hydrogens (tertiary/aromatic N) is 2. The van der Waals surface area contributed by atoms with Crippen molar-refractivity contribution in [2.45, 2.75) is 18.9 Å². The summed E-state index contributed by atoms with van der Waals surface area (Å²) < 4.78 is 1.98. The maximum Gasteiger partial charge on any atom is 0.109 e. The lowest BCUT2D eigenvalue weighted by molar-refractivity contribution is 0.622. The Labute approximate surface area is 117 Å². The van der Waals surface area contributed by atoms with Gasteiger partial charge in [0.15, 0.2) is 0 Å². The Morgan fingerprint density at radius 1 is 1.28 bits per heavy atom. The van der Waals surface area contributed by atoms with Crippen LogP contribution in [0.5, 0.6) is 0 Å². The minimum Gasteiger partial charge on any atom is -0.338 e. The van der Waals surface area contributed by atoms with Gasteiger partial charge in [0, 0.05) is 31.9 Å². The zero-order chi connectivity index (χ0) is 13.1. The summed E-state index contributed by atoms with van der Waals surface area (Å²) >= 11 is 11.9. The highest BCUT2D eigenvalue weighted by Crippen LogP contribution is 2.23. The highest BCUT2D eigenvalue weighted by molar-refractivity contribution is 6.42. The van der Waals surface area contributed by atoms with E-state index in [2.05, 4.69) is 4.98 Å². The van der Waals surface area contributed by atoms with Crippen LogP contribution in [0.1, 0.15) is 11.4 Å². The molecule has 0 aliphatic carbocycles. The van der Waals surface area contributed by atoms with Crippen molar-refractivity contribution < 1.29 is 0 Å². The molecule has 1 atom stereocenters. The van der Waals surface area contributed by atoms with Crippen LogP contribution in [-0.2, 0) is 19.9 Å². The van der Waals surface area contributed by atoms with Crippen LogP contribution in [0.2, 0.25) is 10.0 Å². The number of imidazole rings is 1. The van der Waals surface area contributed by atoms with Gasteiger partial charge in [-0.2, -0.15) is 0 Å². The Morgan fingerprint density at radius 3 is 2.67 bits per heavy atom. The zero-order valence-corrected chi connectivity index (χ0v) is 11.6. The second kappa shape index (κ2) is 5.74. The SMILES string of the molecule is Cn1ccnc1CC(N)Cc1ccc(Cl)c(Cl)c1. The minimum atomic E-state index is 0.0170. The number of aromatic nitrogens is 2. The fourth-order valence-corrected chi connectivity index (χ4v) is 2.19. The molecule has 2 rings (SSSR count). The van der Waals surface area contributed by atoms with Gasteiger partial charge in [0.2, 0.25) is 0 Å². The van der Waals surface area contributed by atoms with Gasteiger partial charge in [-0.25, -0.2) is 4.98 Å². The molecule has 5 heteroatoms. The third-order valence-corrected chi connectivity index (χ3v) is 3.59. The summed E-state index contributed by atoms with van der Waals surface area (Å²) in [4.78, 5) is 4.26. The maximum atomic E-state index is 6.12. The minimum absolute atomic E-state index is 0.0170. The predicted octanol–water partition coefficient (Wildman–Crippen LogP) is 2.84. The molecule has 1 heterocycles. The van der Waals surface area contributed by atoms with Crippen molar-refractivity contribution in [3.8, 4) is 0 Å². The molecule has 0 spiro atoms. The molecule has 3 nitrogen and oxygen atoms in total. The van der Waals surface area contributed by atoms with Crippen molar-refractivity contribution in [3.05, 3.63) is 52.0 Å². The van der Waals surface area contributed by atoms with E-state index in [0.29, 0.717) is 10.0 Å². The summed E-state index contributed by atoms with van der Waals surface area (Å²) in [5, 5.41) is 1.14. The number of hydrogen-bond acceptors (Lipinski definition) is 2. The molecule has 18 heavy (non-hydrogen) atoms. The van der Waals surface area contributed by atoms with Crippen LogP contribution in [0.3, 0.4) is 0 Å². The van der Waals surface area contributed by atoms with Gasteiger partial charge in [-0.1, -0.05) is 29.3 Å². The first-order chi connectivity index (χ1) is 8.56. The van der Waals surface area contributed by atoms with E-state index in [1.54, 1.807) is 12.3 Å². The Bertz CT molecular complexity index is 537. The Morgan fingerprint density at radius 2 is 2.06 bits per heavy atom. The van der Waals surface area contributed by atoms with Crippen molar-refractivity contribution >= 4 is 23.2 Å². The molecule has 1 aromatic heterocycles. The van der Waals surface area contributed by atoms with Crippen LogP contribution in [-0.4, -0.2) is 15.6 Å². The molecule has 1 unspecified atom stereocenters. The third kappa shape index (κ3) is 3.25. The van der Waals surface area contributed by atoms with Gasteiger partial charge in [-0.3, -0.25) is 0 Å². The molecule has 2 aromatic rings. The monoisotopic (exact) mass is 283 g/mol. The van der Waals surface area contributed by atoms with E-state index in [1.165, 1.54) is 0 Å². The summed E-state index contributed by atoms with van der Waals surface area (Å²) in [6.07, 6.45) is 5.19. The molecular formula is C13H15Cl2N3. The number of rotatable bonds is 4. The van der Waals surface area contributed by atoms with Gasteiger partial charge in [0.05, 0.1) is 10.0 Å². The van der Waals surface area contributed by atoms with E-state index in [1.807, 2.05) is 29.9 Å². The maximum absolute atomic E-state index is 6.12. The van der Waals surface area contributed by atoms with Crippen LogP contribution >= 0.6 is 23.2 Å². The first-order valence-corrected chi connectivity index (χ1v) is 6.47. The Kier molecular flexibility index (Phi) is 4.27. The van der Waals surface area contributed by atoms with Crippen molar-refractivity contribution in [2.75, 3.05) is 0 Å². The Balaban J connectivity index is 2.01. The first kappa shape index (κ1) is 13.4. The fraction of sp³-hybridized carbons (Fsp3) is 0.308. The smallest absolute Gasteiger partial charge is 0.109 e.